The van der Waals surface area contributed by atoms with Crippen molar-refractivity contribution in [3.63, 3.8) is 0 Å². The number of hydrogen-bond donors (Lipinski definition) is 0. The Kier molecular flexibility index (Phi) is 4.33. The Morgan fingerprint density at radius 1 is 1.29 bits per heavy atom. The van der Waals surface area contributed by atoms with Crippen molar-refractivity contribution in [1.29, 1.82) is 0 Å². The molecule has 0 saturated heterocycles. The van der Waals surface area contributed by atoms with Gasteiger partial charge in [-0.05, 0) is 48.9 Å². The molecule has 0 unspecified atom stereocenters. The van der Waals surface area contributed by atoms with Gasteiger partial charge in [0, 0.05) is 29.6 Å². The van der Waals surface area contributed by atoms with Crippen LogP contribution in [0.15, 0.2) is 36.9 Å². The Morgan fingerprint density at radius 2 is 1.90 bits per heavy atom. The zero-order valence-corrected chi connectivity index (χ0v) is 13.1. The molecular formula is C18H22FNO. The highest BCUT2D eigenvalue weighted by atomic mass is 19.1. The topological polar surface area (TPSA) is 14.2 Å². The molecule has 1 aromatic carbocycles. The van der Waals surface area contributed by atoms with Crippen LogP contribution >= 0.6 is 0 Å². The first kappa shape index (κ1) is 15.5. The molecule has 0 aliphatic heterocycles. The smallest absolute Gasteiger partial charge is 0.123 e. The molecule has 21 heavy (non-hydrogen) atoms. The maximum Gasteiger partial charge on any atom is 0.123 e. The van der Waals surface area contributed by atoms with Crippen molar-refractivity contribution in [2.24, 2.45) is 0 Å². The number of halogens is 1. The SMILES string of the molecule is C=Cc1c(C)cc(C(C)(C)COC)n1-c1ccc(F)cc1. The minimum Gasteiger partial charge on any atom is -0.384 e. The van der Waals surface area contributed by atoms with Crippen LogP contribution < -0.4 is 0 Å². The lowest BCUT2D eigenvalue weighted by atomic mass is 9.90. The molecule has 0 fully saturated rings. The number of aryl methyl sites for hydroxylation is 1. The van der Waals surface area contributed by atoms with Crippen LogP contribution in [0.3, 0.4) is 0 Å². The second-order valence-corrected chi connectivity index (χ2v) is 5.93. The third kappa shape index (κ3) is 2.93. The Morgan fingerprint density at radius 3 is 2.43 bits per heavy atom. The van der Waals surface area contributed by atoms with E-state index in [9.17, 15) is 4.39 Å². The van der Waals surface area contributed by atoms with Gasteiger partial charge < -0.3 is 9.30 Å². The third-order valence-electron chi connectivity index (χ3n) is 3.72. The van der Waals surface area contributed by atoms with Crippen molar-refractivity contribution in [3.05, 3.63) is 59.7 Å². The average molecular weight is 287 g/mol. The molecule has 1 aromatic heterocycles. The van der Waals surface area contributed by atoms with E-state index >= 15 is 0 Å². The molecule has 0 aliphatic rings. The minimum atomic E-state index is -0.236. The van der Waals surface area contributed by atoms with Crippen LogP contribution in [-0.2, 0) is 10.2 Å². The fourth-order valence-corrected chi connectivity index (χ4v) is 2.70. The second-order valence-electron chi connectivity index (χ2n) is 5.93. The molecule has 1 heterocycles. The van der Waals surface area contributed by atoms with Gasteiger partial charge in [-0.25, -0.2) is 4.39 Å². The van der Waals surface area contributed by atoms with E-state index in [1.165, 1.54) is 12.1 Å². The van der Waals surface area contributed by atoms with Crippen LogP contribution in [0.2, 0.25) is 0 Å². The summed E-state index contributed by atoms with van der Waals surface area (Å²) in [5.74, 6) is -0.236. The first-order valence-corrected chi connectivity index (χ1v) is 7.01. The van der Waals surface area contributed by atoms with Crippen molar-refractivity contribution in [2.45, 2.75) is 26.2 Å². The van der Waals surface area contributed by atoms with Gasteiger partial charge in [0.1, 0.15) is 5.82 Å². The summed E-state index contributed by atoms with van der Waals surface area (Å²) in [6, 6.07) is 8.68. The molecule has 0 spiro atoms. The van der Waals surface area contributed by atoms with Gasteiger partial charge in [-0.1, -0.05) is 20.4 Å². The van der Waals surface area contributed by atoms with Gasteiger partial charge in [-0.2, -0.15) is 0 Å². The number of methoxy groups -OCH3 is 1. The standard InChI is InChI=1S/C18H22FNO/c1-6-16-13(2)11-17(18(3,4)12-21-5)20(16)15-9-7-14(19)8-10-15/h6-11H,1,12H2,2-5H3. The van der Waals surface area contributed by atoms with Crippen LogP contribution in [0.4, 0.5) is 4.39 Å². The predicted octanol–water partition coefficient (Wildman–Crippen LogP) is 4.49. The third-order valence-corrected chi connectivity index (χ3v) is 3.72. The Labute approximate surface area is 125 Å². The summed E-state index contributed by atoms with van der Waals surface area (Å²) >= 11 is 0. The molecule has 0 radical (unpaired) electrons. The maximum atomic E-state index is 13.2. The molecule has 2 aromatic rings. The zero-order chi connectivity index (χ0) is 15.6. The molecule has 0 amide bonds. The second kappa shape index (κ2) is 5.86. The van der Waals surface area contributed by atoms with E-state index in [0.717, 1.165) is 22.6 Å². The van der Waals surface area contributed by atoms with Gasteiger partial charge in [0.25, 0.3) is 0 Å². The van der Waals surface area contributed by atoms with Crippen LogP contribution in [0.1, 0.15) is 30.8 Å². The first-order valence-electron chi connectivity index (χ1n) is 7.01. The van der Waals surface area contributed by atoms with E-state index in [1.54, 1.807) is 19.2 Å². The number of nitrogens with zero attached hydrogens (tertiary/aromatic N) is 1. The number of hydrogen-bond acceptors (Lipinski definition) is 1. The zero-order valence-electron chi connectivity index (χ0n) is 13.1. The van der Waals surface area contributed by atoms with E-state index in [-0.39, 0.29) is 11.2 Å². The van der Waals surface area contributed by atoms with E-state index in [4.69, 9.17) is 4.74 Å². The van der Waals surface area contributed by atoms with Gasteiger partial charge in [0.15, 0.2) is 0 Å². The summed E-state index contributed by atoms with van der Waals surface area (Å²) in [5.41, 5.74) is 4.08. The van der Waals surface area contributed by atoms with Crippen molar-refractivity contribution < 1.29 is 9.13 Å². The normalized spacial score (nSPS) is 11.7. The summed E-state index contributed by atoms with van der Waals surface area (Å²) < 4.78 is 20.7. The first-order chi connectivity index (χ1) is 9.90. The summed E-state index contributed by atoms with van der Waals surface area (Å²) in [5, 5.41) is 0. The molecule has 112 valence electrons. The fourth-order valence-electron chi connectivity index (χ4n) is 2.70. The number of ether oxygens (including phenoxy) is 1. The molecule has 0 saturated carbocycles. The highest BCUT2D eigenvalue weighted by molar-refractivity contribution is 5.56. The predicted molar refractivity (Wildman–Crippen MR) is 85.5 cm³/mol. The summed E-state index contributed by atoms with van der Waals surface area (Å²) in [4.78, 5) is 0. The van der Waals surface area contributed by atoms with Gasteiger partial charge in [0.2, 0.25) is 0 Å². The van der Waals surface area contributed by atoms with Crippen molar-refractivity contribution in [2.75, 3.05) is 13.7 Å². The van der Waals surface area contributed by atoms with E-state index in [1.807, 2.05) is 6.08 Å². The molecule has 3 heteroatoms. The number of aromatic nitrogens is 1. The van der Waals surface area contributed by atoms with Crippen molar-refractivity contribution >= 4 is 6.08 Å². The average Bonchev–Trinajstić information content (AvgIpc) is 2.77. The molecular weight excluding hydrogens is 265 g/mol. The number of rotatable bonds is 5. The van der Waals surface area contributed by atoms with Crippen molar-refractivity contribution in [1.82, 2.24) is 4.57 Å². The van der Waals surface area contributed by atoms with Gasteiger partial charge in [-0.3, -0.25) is 0 Å². The molecule has 2 nitrogen and oxygen atoms in total. The summed E-state index contributed by atoms with van der Waals surface area (Å²) in [6.07, 6.45) is 1.84. The Balaban J connectivity index is 2.67. The van der Waals surface area contributed by atoms with Gasteiger partial charge >= 0.3 is 0 Å². The number of benzene rings is 1. The lowest BCUT2D eigenvalue weighted by Crippen LogP contribution is -2.27. The highest BCUT2D eigenvalue weighted by Gasteiger charge is 2.27. The lowest BCUT2D eigenvalue weighted by Gasteiger charge is -2.26. The summed E-state index contributed by atoms with van der Waals surface area (Å²) in [7, 11) is 1.70. The van der Waals surface area contributed by atoms with Crippen molar-refractivity contribution in [3.8, 4) is 5.69 Å². The monoisotopic (exact) mass is 287 g/mol. The minimum absolute atomic E-state index is 0.158. The Bertz CT molecular complexity index is 638. The van der Waals surface area contributed by atoms with E-state index in [2.05, 4.69) is 38.0 Å². The van der Waals surface area contributed by atoms with Crippen LogP contribution in [-0.4, -0.2) is 18.3 Å². The quantitative estimate of drug-likeness (QED) is 0.790. The van der Waals surface area contributed by atoms with Gasteiger partial charge in [-0.15, -0.1) is 0 Å². The van der Waals surface area contributed by atoms with Crippen LogP contribution in [0, 0.1) is 12.7 Å². The molecule has 2 rings (SSSR count). The molecule has 0 bridgehead atoms. The molecule has 0 atom stereocenters. The molecule has 0 N–H and O–H groups in total. The Hall–Kier alpha value is -1.87. The summed E-state index contributed by atoms with van der Waals surface area (Å²) in [6.45, 7) is 10.8. The van der Waals surface area contributed by atoms with Crippen LogP contribution in [0.5, 0.6) is 0 Å². The lowest BCUT2D eigenvalue weighted by molar-refractivity contribution is 0.144. The van der Waals surface area contributed by atoms with Gasteiger partial charge in [0.05, 0.1) is 6.61 Å². The highest BCUT2D eigenvalue weighted by Crippen LogP contribution is 2.31. The molecule has 0 aliphatic carbocycles. The van der Waals surface area contributed by atoms with E-state index < -0.39 is 0 Å². The fraction of sp³-hybridized carbons (Fsp3) is 0.333. The van der Waals surface area contributed by atoms with E-state index in [0.29, 0.717) is 6.61 Å². The maximum absolute atomic E-state index is 13.2. The van der Waals surface area contributed by atoms with Crippen LogP contribution in [0.25, 0.3) is 11.8 Å². The largest absolute Gasteiger partial charge is 0.384 e.